The quantitative estimate of drug-likeness (QED) is 0.435. The van der Waals surface area contributed by atoms with Gasteiger partial charge in [-0.1, -0.05) is 6.42 Å². The van der Waals surface area contributed by atoms with Crippen LogP contribution in [0.2, 0.25) is 0 Å². The Morgan fingerprint density at radius 3 is 2.62 bits per heavy atom. The van der Waals surface area contributed by atoms with E-state index in [4.69, 9.17) is 5.73 Å². The third-order valence-electron chi connectivity index (χ3n) is 4.91. The molecule has 1 aliphatic heterocycles. The number of nitrogens with one attached hydrogen (secondary N) is 1. The number of aliphatic imine (C=N–C) groups is 1. The highest BCUT2D eigenvalue weighted by atomic mass is 15.3. The topological polar surface area (TPSA) is 82.7 Å². The molecule has 0 amide bonds. The zero-order chi connectivity index (χ0) is 16.6. The molecule has 0 unspecified atom stereocenters. The molecule has 0 spiro atoms. The van der Waals surface area contributed by atoms with Gasteiger partial charge in [-0.05, 0) is 37.8 Å². The molecule has 1 saturated carbocycles. The number of nitrogens with zero attached hydrogens (tertiary/aromatic N) is 5. The van der Waals surface area contributed by atoms with Gasteiger partial charge in [0.25, 0.3) is 0 Å². The molecular weight excluding hydrogens is 302 g/mol. The minimum atomic E-state index is 0.605. The summed E-state index contributed by atoms with van der Waals surface area (Å²) >= 11 is 0. The van der Waals surface area contributed by atoms with Crippen LogP contribution in [0.4, 0.5) is 5.95 Å². The number of guanidine groups is 1. The normalized spacial score (nSPS) is 20.0. The summed E-state index contributed by atoms with van der Waals surface area (Å²) in [7, 11) is 0. The van der Waals surface area contributed by atoms with E-state index in [-0.39, 0.29) is 0 Å². The molecule has 0 atom stereocenters. The van der Waals surface area contributed by atoms with Crippen molar-refractivity contribution in [1.82, 2.24) is 20.2 Å². The van der Waals surface area contributed by atoms with Gasteiger partial charge in [0.05, 0.1) is 0 Å². The maximum Gasteiger partial charge on any atom is 0.225 e. The molecule has 2 aliphatic rings. The summed E-state index contributed by atoms with van der Waals surface area (Å²) in [6.07, 6.45) is 8.68. The van der Waals surface area contributed by atoms with Crippen LogP contribution >= 0.6 is 0 Å². The predicted octanol–water partition coefficient (Wildman–Crippen LogP) is 0.693. The molecule has 1 aliphatic carbocycles. The highest BCUT2D eigenvalue weighted by Crippen LogP contribution is 2.26. The van der Waals surface area contributed by atoms with Gasteiger partial charge in [-0.3, -0.25) is 9.89 Å². The molecule has 3 N–H and O–H groups in total. The van der Waals surface area contributed by atoms with Crippen molar-refractivity contribution in [1.29, 1.82) is 0 Å². The smallest absolute Gasteiger partial charge is 0.225 e. The summed E-state index contributed by atoms with van der Waals surface area (Å²) in [5, 5.41) is 3.23. The van der Waals surface area contributed by atoms with Gasteiger partial charge in [0, 0.05) is 51.7 Å². The molecule has 0 aromatic carbocycles. The van der Waals surface area contributed by atoms with Crippen molar-refractivity contribution in [2.24, 2.45) is 16.6 Å². The fourth-order valence-electron chi connectivity index (χ4n) is 3.10. The fourth-order valence-corrected chi connectivity index (χ4v) is 3.10. The van der Waals surface area contributed by atoms with E-state index in [1.165, 1.54) is 19.3 Å². The van der Waals surface area contributed by atoms with Crippen LogP contribution < -0.4 is 16.0 Å². The summed E-state index contributed by atoms with van der Waals surface area (Å²) in [6, 6.07) is 1.86. The van der Waals surface area contributed by atoms with Crippen LogP contribution in [0.25, 0.3) is 0 Å². The lowest BCUT2D eigenvalue weighted by Crippen LogP contribution is -2.47. The van der Waals surface area contributed by atoms with E-state index in [9.17, 15) is 0 Å². The van der Waals surface area contributed by atoms with Crippen LogP contribution in [-0.4, -0.2) is 66.6 Å². The fraction of sp³-hybridized carbons (Fsp3) is 0.706. The largest absolute Gasteiger partial charge is 0.370 e. The summed E-state index contributed by atoms with van der Waals surface area (Å²) in [5.41, 5.74) is 5.91. The van der Waals surface area contributed by atoms with Crippen LogP contribution in [0, 0.1) is 5.92 Å². The standard InChI is InChI=1S/C17H29N7/c18-16(22-14-15-4-1-5-15)19-8-3-9-23-10-12-24(13-11-23)17-20-6-2-7-21-17/h2,6-7,15H,1,3-5,8-14H2,(H3,18,19,22). The van der Waals surface area contributed by atoms with E-state index in [1.807, 2.05) is 6.07 Å². The van der Waals surface area contributed by atoms with Gasteiger partial charge in [-0.15, -0.1) is 0 Å². The molecule has 7 heteroatoms. The second-order valence-corrected chi connectivity index (χ2v) is 6.68. The lowest BCUT2D eigenvalue weighted by molar-refractivity contribution is 0.254. The maximum absolute atomic E-state index is 5.91. The first-order chi connectivity index (χ1) is 11.8. The maximum atomic E-state index is 5.91. The van der Waals surface area contributed by atoms with Crippen LogP contribution in [0.1, 0.15) is 25.7 Å². The van der Waals surface area contributed by atoms with E-state index >= 15 is 0 Å². The Bertz CT molecular complexity index is 507. The zero-order valence-corrected chi connectivity index (χ0v) is 14.4. The van der Waals surface area contributed by atoms with E-state index in [2.05, 4.69) is 30.1 Å². The van der Waals surface area contributed by atoms with E-state index in [1.54, 1.807) is 12.4 Å². The number of hydrogen-bond donors (Lipinski definition) is 2. The first-order valence-electron chi connectivity index (χ1n) is 9.09. The van der Waals surface area contributed by atoms with Crippen molar-refractivity contribution in [2.75, 3.05) is 50.7 Å². The molecule has 1 saturated heterocycles. The Kier molecular flexibility index (Phi) is 6.23. The van der Waals surface area contributed by atoms with Crippen LogP contribution in [0.5, 0.6) is 0 Å². The highest BCUT2D eigenvalue weighted by Gasteiger charge is 2.18. The van der Waals surface area contributed by atoms with Crippen molar-refractivity contribution in [3.05, 3.63) is 18.5 Å². The minimum absolute atomic E-state index is 0.605. The van der Waals surface area contributed by atoms with Gasteiger partial charge in [0.2, 0.25) is 5.95 Å². The van der Waals surface area contributed by atoms with E-state index in [0.29, 0.717) is 5.96 Å². The van der Waals surface area contributed by atoms with Gasteiger partial charge < -0.3 is 16.0 Å². The van der Waals surface area contributed by atoms with Crippen molar-refractivity contribution in [3.63, 3.8) is 0 Å². The van der Waals surface area contributed by atoms with Gasteiger partial charge in [-0.25, -0.2) is 9.97 Å². The van der Waals surface area contributed by atoms with Gasteiger partial charge >= 0.3 is 0 Å². The monoisotopic (exact) mass is 331 g/mol. The Morgan fingerprint density at radius 2 is 1.96 bits per heavy atom. The lowest BCUT2D eigenvalue weighted by atomic mass is 9.86. The molecule has 1 aromatic heterocycles. The van der Waals surface area contributed by atoms with Crippen LogP contribution in [0.3, 0.4) is 0 Å². The molecule has 3 rings (SSSR count). The second-order valence-electron chi connectivity index (χ2n) is 6.68. The van der Waals surface area contributed by atoms with Gasteiger partial charge in [-0.2, -0.15) is 0 Å². The minimum Gasteiger partial charge on any atom is -0.370 e. The molecule has 2 heterocycles. The average Bonchev–Trinajstić information content (AvgIpc) is 2.59. The van der Waals surface area contributed by atoms with Gasteiger partial charge in [0.1, 0.15) is 0 Å². The molecule has 1 aromatic rings. The van der Waals surface area contributed by atoms with E-state index in [0.717, 1.165) is 64.1 Å². The highest BCUT2D eigenvalue weighted by molar-refractivity contribution is 5.77. The number of rotatable bonds is 7. The van der Waals surface area contributed by atoms with Crippen molar-refractivity contribution in [2.45, 2.75) is 25.7 Å². The van der Waals surface area contributed by atoms with Crippen LogP contribution in [0.15, 0.2) is 23.5 Å². The first-order valence-corrected chi connectivity index (χ1v) is 9.09. The third-order valence-corrected chi connectivity index (χ3v) is 4.91. The molecule has 2 fully saturated rings. The molecule has 0 radical (unpaired) electrons. The molecular formula is C17H29N7. The SMILES string of the molecule is NC(=NCC1CCC1)NCCCN1CCN(c2ncccn2)CC1. The van der Waals surface area contributed by atoms with Gasteiger partial charge in [0.15, 0.2) is 5.96 Å². The summed E-state index contributed by atoms with van der Waals surface area (Å²) in [6.45, 7) is 6.97. The number of hydrogen-bond acceptors (Lipinski definition) is 5. The molecule has 132 valence electrons. The zero-order valence-electron chi connectivity index (χ0n) is 14.4. The Morgan fingerprint density at radius 1 is 1.21 bits per heavy atom. The third kappa shape index (κ3) is 5.06. The number of nitrogens with two attached hydrogens (primary N) is 1. The molecule has 7 nitrogen and oxygen atoms in total. The van der Waals surface area contributed by atoms with Crippen molar-refractivity contribution < 1.29 is 0 Å². The Labute approximate surface area is 144 Å². The van der Waals surface area contributed by atoms with Crippen LogP contribution in [-0.2, 0) is 0 Å². The summed E-state index contributed by atoms with van der Waals surface area (Å²) in [4.78, 5) is 17.8. The Hall–Kier alpha value is -1.89. The summed E-state index contributed by atoms with van der Waals surface area (Å²) < 4.78 is 0. The van der Waals surface area contributed by atoms with Crippen molar-refractivity contribution >= 4 is 11.9 Å². The molecule has 0 bridgehead atoms. The van der Waals surface area contributed by atoms with Crippen molar-refractivity contribution in [3.8, 4) is 0 Å². The number of aromatic nitrogens is 2. The summed E-state index contributed by atoms with van der Waals surface area (Å²) in [5.74, 6) is 2.22. The second kappa shape index (κ2) is 8.82. The number of piperazine rings is 1. The Balaban J connectivity index is 1.27. The predicted molar refractivity (Wildman–Crippen MR) is 97.1 cm³/mol. The lowest BCUT2D eigenvalue weighted by Gasteiger charge is -2.34. The average molecular weight is 331 g/mol. The first kappa shape index (κ1) is 17.0. The number of anilines is 1. The molecule has 24 heavy (non-hydrogen) atoms. The van der Waals surface area contributed by atoms with E-state index < -0.39 is 0 Å².